The molecular formula is C19H12N2O5. The number of aromatic nitrogens is 2. The second-order valence-electron chi connectivity index (χ2n) is 5.62. The summed E-state index contributed by atoms with van der Waals surface area (Å²) in [7, 11) is 0. The van der Waals surface area contributed by atoms with Crippen molar-refractivity contribution < 1.29 is 13.9 Å². The number of nitrogens with zero attached hydrogens (tertiary/aromatic N) is 2. The summed E-state index contributed by atoms with van der Waals surface area (Å²) < 4.78 is 11.5. The maximum Gasteiger partial charge on any atom is 0.336 e. The highest BCUT2D eigenvalue weighted by atomic mass is 16.5. The van der Waals surface area contributed by atoms with Crippen LogP contribution in [0, 0.1) is 0 Å². The van der Waals surface area contributed by atoms with E-state index in [2.05, 4.69) is 4.98 Å². The van der Waals surface area contributed by atoms with Gasteiger partial charge in [0.2, 0.25) is 0 Å². The van der Waals surface area contributed by atoms with E-state index < -0.39 is 11.6 Å². The molecule has 0 atom stereocenters. The van der Waals surface area contributed by atoms with Gasteiger partial charge in [-0.3, -0.25) is 9.36 Å². The Bertz CT molecular complexity index is 1260. The van der Waals surface area contributed by atoms with Crippen LogP contribution in [0.3, 0.4) is 0 Å². The van der Waals surface area contributed by atoms with Crippen LogP contribution >= 0.6 is 0 Å². The molecule has 4 aromatic rings. The first-order chi connectivity index (χ1) is 12.6. The molecule has 0 fully saturated rings. The Morgan fingerprint density at radius 1 is 1.08 bits per heavy atom. The number of ether oxygens (including phenoxy) is 1. The van der Waals surface area contributed by atoms with Crippen molar-refractivity contribution in [2.45, 2.75) is 6.54 Å². The lowest BCUT2D eigenvalue weighted by atomic mass is 10.2. The molecule has 0 radical (unpaired) electrons. The molecule has 2 aromatic heterocycles. The number of carbonyl (C=O) groups is 1. The SMILES string of the molecule is O=C(Cn1cnc2ccccc2c1=O)Oc1ccc2ccc(=O)oc2c1. The molecule has 4 rings (SSSR count). The van der Waals surface area contributed by atoms with Crippen LogP contribution < -0.4 is 15.9 Å². The molecule has 0 amide bonds. The van der Waals surface area contributed by atoms with Crippen LogP contribution in [0.25, 0.3) is 21.9 Å². The predicted molar refractivity (Wildman–Crippen MR) is 94.1 cm³/mol. The van der Waals surface area contributed by atoms with Crippen LogP contribution in [0.4, 0.5) is 0 Å². The number of carbonyl (C=O) groups excluding carboxylic acids is 1. The molecule has 0 spiro atoms. The van der Waals surface area contributed by atoms with E-state index in [1.807, 2.05) is 0 Å². The minimum absolute atomic E-state index is 0.221. The lowest BCUT2D eigenvalue weighted by Crippen LogP contribution is -2.26. The van der Waals surface area contributed by atoms with Gasteiger partial charge >= 0.3 is 11.6 Å². The van der Waals surface area contributed by atoms with Crippen LogP contribution in [0.5, 0.6) is 5.75 Å². The number of hydrogen-bond acceptors (Lipinski definition) is 6. The van der Waals surface area contributed by atoms with E-state index in [0.717, 1.165) is 0 Å². The summed E-state index contributed by atoms with van der Waals surface area (Å²) in [6.07, 6.45) is 1.31. The first-order valence-electron chi connectivity index (χ1n) is 7.79. The summed E-state index contributed by atoms with van der Waals surface area (Å²) in [5.74, 6) is -0.416. The van der Waals surface area contributed by atoms with Crippen molar-refractivity contribution in [1.29, 1.82) is 0 Å². The van der Waals surface area contributed by atoms with Gasteiger partial charge in [-0.1, -0.05) is 12.1 Å². The molecule has 0 N–H and O–H groups in total. The van der Waals surface area contributed by atoms with E-state index in [9.17, 15) is 14.4 Å². The highest BCUT2D eigenvalue weighted by molar-refractivity contribution is 5.80. The lowest BCUT2D eigenvalue weighted by molar-refractivity contribution is -0.135. The standard InChI is InChI=1S/C19H12N2O5/c22-17-8-6-12-5-7-13(9-16(12)26-17)25-18(23)10-21-11-20-15-4-2-1-3-14(15)19(21)24/h1-9,11H,10H2. The molecule has 0 aliphatic heterocycles. The number of fused-ring (bicyclic) bond motifs is 2. The highest BCUT2D eigenvalue weighted by Gasteiger charge is 2.11. The van der Waals surface area contributed by atoms with Gasteiger partial charge in [0.05, 0.1) is 17.2 Å². The first kappa shape index (κ1) is 15.8. The van der Waals surface area contributed by atoms with E-state index in [1.165, 1.54) is 23.0 Å². The highest BCUT2D eigenvalue weighted by Crippen LogP contribution is 2.19. The van der Waals surface area contributed by atoms with Gasteiger partial charge in [0.15, 0.2) is 0 Å². The zero-order chi connectivity index (χ0) is 18.1. The van der Waals surface area contributed by atoms with Gasteiger partial charge in [-0.15, -0.1) is 0 Å². The molecule has 0 aliphatic carbocycles. The monoisotopic (exact) mass is 348 g/mol. The Labute approximate surface area is 146 Å². The Morgan fingerprint density at radius 2 is 1.88 bits per heavy atom. The van der Waals surface area contributed by atoms with Gasteiger partial charge in [0, 0.05) is 17.5 Å². The maximum absolute atomic E-state index is 12.4. The molecule has 0 unspecified atom stereocenters. The molecule has 26 heavy (non-hydrogen) atoms. The van der Waals surface area contributed by atoms with Gasteiger partial charge in [-0.25, -0.2) is 14.6 Å². The van der Waals surface area contributed by atoms with Crippen LogP contribution in [0.2, 0.25) is 0 Å². The normalized spacial score (nSPS) is 10.9. The van der Waals surface area contributed by atoms with Gasteiger partial charge in [0.1, 0.15) is 17.9 Å². The van der Waals surface area contributed by atoms with Gasteiger partial charge in [0.25, 0.3) is 5.56 Å². The van der Waals surface area contributed by atoms with Crippen molar-refractivity contribution in [1.82, 2.24) is 9.55 Å². The Morgan fingerprint density at radius 3 is 2.77 bits per heavy atom. The second-order valence-corrected chi connectivity index (χ2v) is 5.62. The van der Waals surface area contributed by atoms with Gasteiger partial charge in [-0.2, -0.15) is 0 Å². The molecule has 7 heteroatoms. The van der Waals surface area contributed by atoms with Gasteiger partial charge in [-0.05, 0) is 30.3 Å². The summed E-state index contributed by atoms with van der Waals surface area (Å²) in [5.41, 5.74) is 0.0610. The number of hydrogen-bond donors (Lipinski definition) is 0. The summed E-state index contributed by atoms with van der Waals surface area (Å²) in [6.45, 7) is -0.284. The van der Waals surface area contributed by atoms with Gasteiger partial charge < -0.3 is 9.15 Å². The van der Waals surface area contributed by atoms with Crippen molar-refractivity contribution in [2.75, 3.05) is 0 Å². The molecular weight excluding hydrogens is 336 g/mol. The largest absolute Gasteiger partial charge is 0.425 e. The lowest BCUT2D eigenvalue weighted by Gasteiger charge is -2.07. The summed E-state index contributed by atoms with van der Waals surface area (Å²) in [5, 5.41) is 1.13. The predicted octanol–water partition coefficient (Wildman–Crippen LogP) is 2.11. The average Bonchev–Trinajstić information content (AvgIpc) is 2.64. The van der Waals surface area contributed by atoms with Crippen LogP contribution in [-0.2, 0) is 11.3 Å². The van der Waals surface area contributed by atoms with E-state index in [0.29, 0.717) is 21.9 Å². The fourth-order valence-corrected chi connectivity index (χ4v) is 2.63. The fraction of sp³-hybridized carbons (Fsp3) is 0.0526. The summed E-state index contributed by atoms with van der Waals surface area (Å²) in [4.78, 5) is 40.0. The zero-order valence-corrected chi connectivity index (χ0v) is 13.4. The van der Waals surface area contributed by atoms with Crippen LogP contribution in [0.15, 0.2) is 74.9 Å². The minimum atomic E-state index is -0.637. The third-order valence-corrected chi connectivity index (χ3v) is 3.86. The molecule has 0 bridgehead atoms. The third kappa shape index (κ3) is 2.98. The molecule has 128 valence electrons. The maximum atomic E-state index is 12.4. The second kappa shape index (κ2) is 6.29. The smallest absolute Gasteiger partial charge is 0.336 e. The van der Waals surface area contributed by atoms with Crippen LogP contribution in [-0.4, -0.2) is 15.5 Å². The molecule has 7 nitrogen and oxygen atoms in total. The van der Waals surface area contributed by atoms with E-state index in [1.54, 1.807) is 42.5 Å². The quantitative estimate of drug-likeness (QED) is 0.320. The van der Waals surface area contributed by atoms with E-state index in [-0.39, 0.29) is 17.9 Å². The van der Waals surface area contributed by atoms with Crippen molar-refractivity contribution in [3.05, 3.63) is 81.7 Å². The fourth-order valence-electron chi connectivity index (χ4n) is 2.63. The Kier molecular flexibility index (Phi) is 3.81. The van der Waals surface area contributed by atoms with Crippen molar-refractivity contribution in [3.63, 3.8) is 0 Å². The summed E-state index contributed by atoms with van der Waals surface area (Å²) in [6, 6.07) is 14.5. The molecule has 0 aliphatic rings. The minimum Gasteiger partial charge on any atom is -0.425 e. The topological polar surface area (TPSA) is 91.4 Å². The number of esters is 1. The Balaban J connectivity index is 1.58. The zero-order valence-electron chi connectivity index (χ0n) is 13.4. The van der Waals surface area contributed by atoms with Crippen molar-refractivity contribution in [2.24, 2.45) is 0 Å². The van der Waals surface area contributed by atoms with Crippen molar-refractivity contribution >= 4 is 27.8 Å². The van der Waals surface area contributed by atoms with Crippen molar-refractivity contribution in [3.8, 4) is 5.75 Å². The molecule has 0 saturated heterocycles. The molecule has 0 saturated carbocycles. The van der Waals surface area contributed by atoms with E-state index in [4.69, 9.17) is 9.15 Å². The van der Waals surface area contributed by atoms with Crippen LogP contribution in [0.1, 0.15) is 0 Å². The average molecular weight is 348 g/mol. The Hall–Kier alpha value is -3.74. The number of benzene rings is 2. The van der Waals surface area contributed by atoms with E-state index >= 15 is 0 Å². The summed E-state index contributed by atoms with van der Waals surface area (Å²) >= 11 is 0. The first-order valence-corrected chi connectivity index (χ1v) is 7.79. The molecule has 2 aromatic carbocycles. The number of para-hydroxylation sites is 1. The third-order valence-electron chi connectivity index (χ3n) is 3.86. The number of rotatable bonds is 3. The molecule has 2 heterocycles.